The van der Waals surface area contributed by atoms with Crippen molar-refractivity contribution in [1.29, 1.82) is 0 Å². The van der Waals surface area contributed by atoms with Gasteiger partial charge in [-0.15, -0.1) is 0 Å². The van der Waals surface area contributed by atoms with Gasteiger partial charge in [0.1, 0.15) is 12.1 Å². The van der Waals surface area contributed by atoms with Gasteiger partial charge in [-0.2, -0.15) is 0 Å². The Balaban J connectivity index is 2.12. The summed E-state index contributed by atoms with van der Waals surface area (Å²) in [5, 5.41) is 13.1. The number of phenolic OH excluding ortho intramolecular Hbond substituents is 1. The van der Waals surface area contributed by atoms with Crippen molar-refractivity contribution in [3.63, 3.8) is 0 Å². The lowest BCUT2D eigenvalue weighted by Gasteiger charge is -2.12. The SMILES string of the molecule is COc1cc2c(Nc3ccc(Cl)c(Cl)c3F)ncnc2cc1O. The van der Waals surface area contributed by atoms with Crippen molar-refractivity contribution in [2.75, 3.05) is 12.4 Å². The summed E-state index contributed by atoms with van der Waals surface area (Å²) in [6.45, 7) is 0. The van der Waals surface area contributed by atoms with Crippen LogP contribution in [-0.2, 0) is 0 Å². The van der Waals surface area contributed by atoms with E-state index < -0.39 is 5.82 Å². The van der Waals surface area contributed by atoms with E-state index in [4.69, 9.17) is 27.9 Å². The van der Waals surface area contributed by atoms with Crippen molar-refractivity contribution in [2.24, 2.45) is 0 Å². The van der Waals surface area contributed by atoms with E-state index in [-0.39, 0.29) is 27.2 Å². The van der Waals surface area contributed by atoms with E-state index in [0.29, 0.717) is 16.7 Å². The number of phenols is 1. The molecular formula is C15H10Cl2FN3O2. The molecule has 0 aliphatic rings. The van der Waals surface area contributed by atoms with Crippen LogP contribution in [0.3, 0.4) is 0 Å². The summed E-state index contributed by atoms with van der Waals surface area (Å²) in [5.74, 6) is -0.141. The summed E-state index contributed by atoms with van der Waals surface area (Å²) in [6.07, 6.45) is 1.30. The fourth-order valence-electron chi connectivity index (χ4n) is 2.09. The minimum absolute atomic E-state index is 0.0506. The van der Waals surface area contributed by atoms with Crippen LogP contribution in [0.1, 0.15) is 0 Å². The number of benzene rings is 2. The molecule has 0 amide bonds. The van der Waals surface area contributed by atoms with Gasteiger partial charge >= 0.3 is 0 Å². The fourth-order valence-corrected chi connectivity index (χ4v) is 2.40. The van der Waals surface area contributed by atoms with Gasteiger partial charge in [-0.1, -0.05) is 23.2 Å². The molecule has 0 unspecified atom stereocenters. The average Bonchev–Trinajstić information content (AvgIpc) is 2.55. The van der Waals surface area contributed by atoms with Crippen LogP contribution in [0.5, 0.6) is 11.5 Å². The van der Waals surface area contributed by atoms with Gasteiger partial charge in [0.05, 0.1) is 28.4 Å². The molecule has 0 atom stereocenters. The van der Waals surface area contributed by atoms with E-state index in [9.17, 15) is 9.50 Å². The van der Waals surface area contributed by atoms with E-state index in [1.807, 2.05) is 0 Å². The lowest BCUT2D eigenvalue weighted by Crippen LogP contribution is -1.99. The topological polar surface area (TPSA) is 67.3 Å². The highest BCUT2D eigenvalue weighted by molar-refractivity contribution is 6.42. The zero-order valence-electron chi connectivity index (χ0n) is 11.8. The second kappa shape index (κ2) is 6.06. The Morgan fingerprint density at radius 3 is 2.74 bits per heavy atom. The predicted molar refractivity (Wildman–Crippen MR) is 87.5 cm³/mol. The third kappa shape index (κ3) is 2.83. The van der Waals surface area contributed by atoms with Crippen LogP contribution in [0.4, 0.5) is 15.9 Å². The Kier molecular flexibility index (Phi) is 4.11. The van der Waals surface area contributed by atoms with Crippen LogP contribution in [0.15, 0.2) is 30.6 Å². The minimum Gasteiger partial charge on any atom is -0.504 e. The number of methoxy groups -OCH3 is 1. The molecule has 5 nitrogen and oxygen atoms in total. The van der Waals surface area contributed by atoms with Gasteiger partial charge in [-0.05, 0) is 18.2 Å². The minimum atomic E-state index is -0.684. The monoisotopic (exact) mass is 353 g/mol. The Bertz CT molecular complexity index is 906. The molecular weight excluding hydrogens is 344 g/mol. The first-order chi connectivity index (χ1) is 11.0. The number of nitrogens with zero attached hydrogens (tertiary/aromatic N) is 2. The molecule has 8 heteroatoms. The third-order valence-corrected chi connectivity index (χ3v) is 4.01. The molecule has 3 rings (SSSR count). The van der Waals surface area contributed by atoms with Crippen LogP contribution in [0, 0.1) is 5.82 Å². The maximum atomic E-state index is 14.2. The number of halogens is 3. The number of aromatic nitrogens is 2. The fraction of sp³-hybridized carbons (Fsp3) is 0.0667. The Hall–Kier alpha value is -2.31. The highest BCUT2D eigenvalue weighted by atomic mass is 35.5. The highest BCUT2D eigenvalue weighted by Gasteiger charge is 2.14. The Morgan fingerprint density at radius 2 is 2.00 bits per heavy atom. The third-order valence-electron chi connectivity index (χ3n) is 3.22. The first kappa shape index (κ1) is 15.6. The zero-order valence-corrected chi connectivity index (χ0v) is 13.3. The van der Waals surface area contributed by atoms with Crippen LogP contribution < -0.4 is 10.1 Å². The molecule has 3 aromatic rings. The lowest BCUT2D eigenvalue weighted by atomic mass is 10.2. The van der Waals surface area contributed by atoms with E-state index in [1.54, 1.807) is 6.07 Å². The maximum Gasteiger partial charge on any atom is 0.166 e. The Labute approximate surface area is 140 Å². The normalized spacial score (nSPS) is 10.8. The summed E-state index contributed by atoms with van der Waals surface area (Å²) in [7, 11) is 1.43. The highest BCUT2D eigenvalue weighted by Crippen LogP contribution is 2.35. The van der Waals surface area contributed by atoms with Crippen LogP contribution in [-0.4, -0.2) is 22.2 Å². The summed E-state index contributed by atoms with van der Waals surface area (Å²) in [5.41, 5.74) is 0.590. The molecule has 0 bridgehead atoms. The lowest BCUT2D eigenvalue weighted by molar-refractivity contribution is 0.374. The van der Waals surface area contributed by atoms with Crippen molar-refractivity contribution in [1.82, 2.24) is 9.97 Å². The van der Waals surface area contributed by atoms with Crippen molar-refractivity contribution < 1.29 is 14.2 Å². The second-order valence-corrected chi connectivity index (χ2v) is 5.40. The number of aromatic hydroxyl groups is 1. The molecule has 118 valence electrons. The molecule has 0 radical (unpaired) electrons. The number of nitrogens with one attached hydrogen (secondary N) is 1. The molecule has 2 aromatic carbocycles. The first-order valence-corrected chi connectivity index (χ1v) is 7.19. The quantitative estimate of drug-likeness (QED) is 0.677. The van der Waals surface area contributed by atoms with E-state index in [0.717, 1.165) is 0 Å². The molecule has 0 saturated heterocycles. The number of anilines is 2. The van der Waals surface area contributed by atoms with Crippen LogP contribution in [0.25, 0.3) is 10.9 Å². The van der Waals surface area contributed by atoms with Gasteiger partial charge in [0, 0.05) is 11.5 Å². The molecule has 0 aliphatic carbocycles. The smallest absolute Gasteiger partial charge is 0.166 e. The van der Waals surface area contributed by atoms with E-state index in [1.165, 1.54) is 31.6 Å². The number of hydrogen-bond acceptors (Lipinski definition) is 5. The van der Waals surface area contributed by atoms with Gasteiger partial charge in [-0.25, -0.2) is 14.4 Å². The number of fused-ring (bicyclic) bond motifs is 1. The maximum absolute atomic E-state index is 14.2. The first-order valence-electron chi connectivity index (χ1n) is 6.43. The molecule has 23 heavy (non-hydrogen) atoms. The second-order valence-electron chi connectivity index (χ2n) is 4.61. The molecule has 0 saturated carbocycles. The standard InChI is InChI=1S/C15H10Cl2FN3O2/c1-23-12-4-7-10(5-11(12)22)19-6-20-15(7)21-9-3-2-8(16)13(17)14(9)18/h2-6,22H,1H3,(H,19,20,21). The summed E-state index contributed by atoms with van der Waals surface area (Å²) in [6, 6.07) is 5.93. The largest absolute Gasteiger partial charge is 0.504 e. The van der Waals surface area contributed by atoms with E-state index >= 15 is 0 Å². The van der Waals surface area contributed by atoms with Gasteiger partial charge in [-0.3, -0.25) is 0 Å². The summed E-state index contributed by atoms with van der Waals surface area (Å²) in [4.78, 5) is 8.16. The van der Waals surface area contributed by atoms with Crippen molar-refractivity contribution in [2.45, 2.75) is 0 Å². The van der Waals surface area contributed by atoms with Gasteiger partial charge in [0.15, 0.2) is 17.3 Å². The molecule has 0 spiro atoms. The van der Waals surface area contributed by atoms with E-state index in [2.05, 4.69) is 15.3 Å². The molecule has 2 N–H and O–H groups in total. The predicted octanol–water partition coefficient (Wildman–Crippen LogP) is 4.53. The molecule has 0 fully saturated rings. The van der Waals surface area contributed by atoms with Gasteiger partial charge in [0.2, 0.25) is 0 Å². The molecule has 1 aromatic heterocycles. The zero-order chi connectivity index (χ0) is 16.6. The van der Waals surface area contributed by atoms with Crippen LogP contribution >= 0.6 is 23.2 Å². The van der Waals surface area contributed by atoms with Crippen molar-refractivity contribution >= 4 is 45.6 Å². The van der Waals surface area contributed by atoms with Crippen LogP contribution in [0.2, 0.25) is 10.0 Å². The number of hydrogen-bond donors (Lipinski definition) is 2. The van der Waals surface area contributed by atoms with Gasteiger partial charge in [0.25, 0.3) is 0 Å². The number of rotatable bonds is 3. The van der Waals surface area contributed by atoms with Gasteiger partial charge < -0.3 is 15.2 Å². The summed E-state index contributed by atoms with van der Waals surface area (Å²) >= 11 is 11.6. The molecule has 0 aliphatic heterocycles. The average molecular weight is 354 g/mol. The van der Waals surface area contributed by atoms with Crippen molar-refractivity contribution in [3.05, 3.63) is 46.5 Å². The number of ether oxygens (including phenoxy) is 1. The Morgan fingerprint density at radius 1 is 1.22 bits per heavy atom. The van der Waals surface area contributed by atoms with Crippen molar-refractivity contribution in [3.8, 4) is 11.5 Å². The summed E-state index contributed by atoms with van der Waals surface area (Å²) < 4.78 is 19.2. The molecule has 1 heterocycles.